The Labute approximate surface area is 105 Å². The summed E-state index contributed by atoms with van der Waals surface area (Å²) in [6.07, 6.45) is 2.71. The predicted molar refractivity (Wildman–Crippen MR) is 68.2 cm³/mol. The number of hydrogen-bond donors (Lipinski definition) is 1. The van der Waals surface area contributed by atoms with E-state index in [4.69, 9.17) is 22.1 Å². The summed E-state index contributed by atoms with van der Waals surface area (Å²) in [5.41, 5.74) is 5.51. The minimum Gasteiger partial charge on any atom is -0.492 e. The molecule has 1 aromatic heterocycles. The highest BCUT2D eigenvalue weighted by atomic mass is 35.5. The minimum absolute atomic E-state index is 0.539. The molecule has 2 aromatic rings. The fourth-order valence-corrected chi connectivity index (χ4v) is 1.66. The van der Waals surface area contributed by atoms with Gasteiger partial charge >= 0.3 is 0 Å². The Bertz CT molecular complexity index is 484. The molecular weight excluding hydrogens is 238 g/mol. The monoisotopic (exact) mass is 251 g/mol. The van der Waals surface area contributed by atoms with Crippen molar-refractivity contribution < 1.29 is 4.74 Å². The summed E-state index contributed by atoms with van der Waals surface area (Å²) < 4.78 is 7.36. The second-order valence-electron chi connectivity index (χ2n) is 3.64. The molecule has 2 N–H and O–H groups in total. The molecule has 0 spiro atoms. The van der Waals surface area contributed by atoms with Crippen molar-refractivity contribution in [3.8, 4) is 5.75 Å². The summed E-state index contributed by atoms with van der Waals surface area (Å²) in [6, 6.07) is 9.21. The molecular formula is C12H14ClN3O. The summed E-state index contributed by atoms with van der Waals surface area (Å²) in [6.45, 7) is 1.38. The van der Waals surface area contributed by atoms with Gasteiger partial charge in [-0.25, -0.2) is 0 Å². The maximum atomic E-state index is 5.96. The number of aromatic nitrogens is 2. The van der Waals surface area contributed by atoms with Crippen molar-refractivity contribution in [3.63, 3.8) is 0 Å². The molecule has 17 heavy (non-hydrogen) atoms. The Balaban J connectivity index is 1.75. The summed E-state index contributed by atoms with van der Waals surface area (Å²) in [5.74, 6) is 1.26. The normalized spacial score (nSPS) is 10.4. The van der Waals surface area contributed by atoms with Gasteiger partial charge in [-0.1, -0.05) is 23.7 Å². The molecule has 0 unspecified atom stereocenters. The lowest BCUT2D eigenvalue weighted by atomic mass is 10.3. The number of ether oxygens (including phenoxy) is 1. The van der Waals surface area contributed by atoms with E-state index in [1.165, 1.54) is 0 Å². The third kappa shape index (κ3) is 3.39. The zero-order valence-corrected chi connectivity index (χ0v) is 10.1. The lowest BCUT2D eigenvalue weighted by Gasteiger charge is -2.07. The van der Waals surface area contributed by atoms with Crippen molar-refractivity contribution in [3.05, 3.63) is 41.6 Å². The number of hydrogen-bond acceptors (Lipinski definition) is 3. The quantitative estimate of drug-likeness (QED) is 0.831. The van der Waals surface area contributed by atoms with Crippen LogP contribution < -0.4 is 10.5 Å². The van der Waals surface area contributed by atoms with Gasteiger partial charge in [-0.05, 0) is 18.2 Å². The molecule has 0 atom stereocenters. The average Bonchev–Trinajstić information content (AvgIpc) is 2.73. The van der Waals surface area contributed by atoms with Gasteiger partial charge in [-0.15, -0.1) is 0 Å². The second kappa shape index (κ2) is 5.59. The zero-order valence-electron chi connectivity index (χ0n) is 9.34. The lowest BCUT2D eigenvalue weighted by molar-refractivity contribution is 0.299. The molecule has 4 nitrogen and oxygen atoms in total. The molecule has 1 heterocycles. The fraction of sp³-hybridized carbons (Fsp3) is 0.250. The Kier molecular flexibility index (Phi) is 3.88. The van der Waals surface area contributed by atoms with Crippen LogP contribution in [0.3, 0.4) is 0 Å². The van der Waals surface area contributed by atoms with E-state index in [1.54, 1.807) is 10.7 Å². The molecule has 0 saturated carbocycles. The highest BCUT2D eigenvalue weighted by molar-refractivity contribution is 6.32. The van der Waals surface area contributed by atoms with Gasteiger partial charge in [-0.2, -0.15) is 5.10 Å². The number of nitrogens with two attached hydrogens (primary N) is 1. The topological polar surface area (TPSA) is 53.1 Å². The van der Waals surface area contributed by atoms with Crippen molar-refractivity contribution in [1.29, 1.82) is 0 Å². The van der Waals surface area contributed by atoms with Gasteiger partial charge in [0.2, 0.25) is 0 Å². The maximum Gasteiger partial charge on any atom is 0.145 e. The van der Waals surface area contributed by atoms with Crippen LogP contribution in [-0.2, 0) is 6.54 Å². The van der Waals surface area contributed by atoms with Gasteiger partial charge < -0.3 is 10.5 Å². The Morgan fingerprint density at radius 1 is 1.29 bits per heavy atom. The maximum absolute atomic E-state index is 5.96. The van der Waals surface area contributed by atoms with Crippen molar-refractivity contribution in [2.45, 2.75) is 13.0 Å². The van der Waals surface area contributed by atoms with Crippen LogP contribution in [0.25, 0.3) is 0 Å². The molecule has 0 aliphatic carbocycles. The molecule has 0 fully saturated rings. The highest BCUT2D eigenvalue weighted by Crippen LogP contribution is 2.23. The van der Waals surface area contributed by atoms with E-state index in [0.29, 0.717) is 23.2 Å². The van der Waals surface area contributed by atoms with E-state index in [-0.39, 0.29) is 0 Å². The molecule has 0 radical (unpaired) electrons. The summed E-state index contributed by atoms with van der Waals surface area (Å²) in [4.78, 5) is 0. The molecule has 1 aromatic carbocycles. The van der Waals surface area contributed by atoms with Gasteiger partial charge in [-0.3, -0.25) is 4.68 Å². The molecule has 0 saturated heterocycles. The number of benzene rings is 1. The molecule has 0 bridgehead atoms. The first-order valence-corrected chi connectivity index (χ1v) is 5.80. The van der Waals surface area contributed by atoms with Crippen LogP contribution in [-0.4, -0.2) is 16.4 Å². The number of nitrogens with zero attached hydrogens (tertiary/aromatic N) is 2. The first-order chi connectivity index (χ1) is 8.25. The van der Waals surface area contributed by atoms with Crippen LogP contribution >= 0.6 is 11.6 Å². The van der Waals surface area contributed by atoms with Crippen molar-refractivity contribution >= 4 is 17.4 Å². The number of para-hydroxylation sites is 1. The van der Waals surface area contributed by atoms with Crippen LogP contribution in [0.1, 0.15) is 6.42 Å². The second-order valence-corrected chi connectivity index (χ2v) is 4.04. The van der Waals surface area contributed by atoms with Crippen LogP contribution in [0.4, 0.5) is 5.82 Å². The van der Waals surface area contributed by atoms with Gasteiger partial charge in [0.25, 0.3) is 0 Å². The van der Waals surface area contributed by atoms with E-state index in [2.05, 4.69) is 5.10 Å². The zero-order chi connectivity index (χ0) is 12.1. The van der Waals surface area contributed by atoms with E-state index in [9.17, 15) is 0 Å². The fourth-order valence-electron chi connectivity index (χ4n) is 1.47. The van der Waals surface area contributed by atoms with Crippen LogP contribution in [0.5, 0.6) is 5.75 Å². The van der Waals surface area contributed by atoms with E-state index in [0.717, 1.165) is 13.0 Å². The van der Waals surface area contributed by atoms with E-state index in [1.807, 2.05) is 30.5 Å². The largest absolute Gasteiger partial charge is 0.492 e. The van der Waals surface area contributed by atoms with E-state index >= 15 is 0 Å². The summed E-state index contributed by atoms with van der Waals surface area (Å²) in [5, 5.41) is 4.72. The molecule has 2 rings (SSSR count). The Morgan fingerprint density at radius 3 is 2.82 bits per heavy atom. The average molecular weight is 252 g/mol. The molecule has 5 heteroatoms. The Morgan fingerprint density at radius 2 is 2.12 bits per heavy atom. The standard InChI is InChI=1S/C12H14ClN3O/c13-10-4-1-2-5-11(10)17-9-3-7-16-8-6-12(14)15-16/h1-2,4-6,8H,3,7,9H2,(H2,14,15). The first-order valence-electron chi connectivity index (χ1n) is 5.42. The van der Waals surface area contributed by atoms with Crippen molar-refractivity contribution in [2.24, 2.45) is 0 Å². The van der Waals surface area contributed by atoms with Gasteiger partial charge in [0.1, 0.15) is 11.6 Å². The van der Waals surface area contributed by atoms with Crippen LogP contribution in [0.2, 0.25) is 5.02 Å². The van der Waals surface area contributed by atoms with Gasteiger partial charge in [0.05, 0.1) is 11.6 Å². The van der Waals surface area contributed by atoms with Crippen LogP contribution in [0.15, 0.2) is 36.5 Å². The van der Waals surface area contributed by atoms with E-state index < -0.39 is 0 Å². The lowest BCUT2D eigenvalue weighted by Crippen LogP contribution is -2.05. The van der Waals surface area contributed by atoms with Crippen LogP contribution in [0, 0.1) is 0 Å². The summed E-state index contributed by atoms with van der Waals surface area (Å²) in [7, 11) is 0. The number of halogens is 1. The molecule has 0 aliphatic heterocycles. The number of anilines is 1. The summed E-state index contributed by atoms with van der Waals surface area (Å²) >= 11 is 5.96. The molecule has 90 valence electrons. The predicted octanol–water partition coefficient (Wildman–Crippen LogP) is 2.59. The smallest absolute Gasteiger partial charge is 0.145 e. The van der Waals surface area contributed by atoms with Crippen molar-refractivity contribution in [2.75, 3.05) is 12.3 Å². The molecule has 0 aliphatic rings. The van der Waals surface area contributed by atoms with Gasteiger partial charge in [0, 0.05) is 19.2 Å². The number of aryl methyl sites for hydroxylation is 1. The highest BCUT2D eigenvalue weighted by Gasteiger charge is 1.99. The third-order valence-electron chi connectivity index (χ3n) is 2.29. The SMILES string of the molecule is Nc1ccn(CCCOc2ccccc2Cl)n1. The number of nitrogen functional groups attached to an aromatic ring is 1. The minimum atomic E-state index is 0.539. The first kappa shape index (κ1) is 11.8. The molecule has 0 amide bonds. The number of rotatable bonds is 5. The van der Waals surface area contributed by atoms with Gasteiger partial charge in [0.15, 0.2) is 0 Å². The van der Waals surface area contributed by atoms with Crippen molar-refractivity contribution in [1.82, 2.24) is 9.78 Å². The Hall–Kier alpha value is -1.68. The third-order valence-corrected chi connectivity index (χ3v) is 2.60.